The average Bonchev–Trinajstić information content (AvgIpc) is 3.14. The van der Waals surface area contributed by atoms with E-state index in [1.165, 1.54) is 23.5 Å². The molecule has 0 aliphatic rings. The average molecular weight is 354 g/mol. The topological polar surface area (TPSA) is 84.7 Å². The monoisotopic (exact) mass is 354 g/mol. The van der Waals surface area contributed by atoms with Gasteiger partial charge in [0.2, 0.25) is 0 Å². The summed E-state index contributed by atoms with van der Waals surface area (Å²) in [6, 6.07) is 10.1. The van der Waals surface area contributed by atoms with Crippen molar-refractivity contribution in [1.29, 1.82) is 5.26 Å². The Morgan fingerprint density at radius 2 is 2.24 bits per heavy atom. The summed E-state index contributed by atoms with van der Waals surface area (Å²) < 4.78 is 15.4. The van der Waals surface area contributed by atoms with E-state index < -0.39 is 5.91 Å². The van der Waals surface area contributed by atoms with E-state index in [1.54, 1.807) is 19.1 Å². The van der Waals surface area contributed by atoms with Crippen LogP contribution >= 0.6 is 11.3 Å². The number of thiazole rings is 1. The van der Waals surface area contributed by atoms with Gasteiger partial charge in [0.25, 0.3) is 5.91 Å². The molecule has 7 heteroatoms. The fourth-order valence-corrected chi connectivity index (χ4v) is 3.43. The minimum absolute atomic E-state index is 0.233. The molecule has 1 amide bonds. The standard InChI is InChI=1S/C18H15FN4OS/c1-11-14(18(21)24)8-16(15-10-25-17(22-15)5-6-20)23(11)9-12-3-2-4-13(19)7-12/h2-4,7-8,10H,5,9H2,1H3,(H2,21,24). The highest BCUT2D eigenvalue weighted by Crippen LogP contribution is 2.28. The molecule has 0 unspecified atom stereocenters. The van der Waals surface area contributed by atoms with Crippen LogP contribution in [0.5, 0.6) is 0 Å². The molecule has 1 aromatic carbocycles. The molecule has 2 heterocycles. The first-order valence-corrected chi connectivity index (χ1v) is 8.43. The number of carbonyl (C=O) groups is 1. The zero-order valence-electron chi connectivity index (χ0n) is 13.5. The molecule has 2 aromatic heterocycles. The Morgan fingerprint density at radius 3 is 2.92 bits per heavy atom. The van der Waals surface area contributed by atoms with E-state index in [0.29, 0.717) is 28.5 Å². The van der Waals surface area contributed by atoms with Crippen molar-refractivity contribution in [3.8, 4) is 17.5 Å². The molecule has 3 rings (SSSR count). The highest BCUT2D eigenvalue weighted by Gasteiger charge is 2.19. The van der Waals surface area contributed by atoms with Gasteiger partial charge in [-0.15, -0.1) is 11.3 Å². The van der Waals surface area contributed by atoms with E-state index in [1.807, 2.05) is 16.0 Å². The van der Waals surface area contributed by atoms with Crippen LogP contribution in [0.2, 0.25) is 0 Å². The Labute approximate surface area is 148 Å². The number of hydrogen-bond acceptors (Lipinski definition) is 4. The highest BCUT2D eigenvalue weighted by molar-refractivity contribution is 7.10. The van der Waals surface area contributed by atoms with E-state index in [0.717, 1.165) is 11.3 Å². The van der Waals surface area contributed by atoms with Gasteiger partial charge in [-0.3, -0.25) is 4.79 Å². The molecule has 2 N–H and O–H groups in total. The predicted molar refractivity (Wildman–Crippen MR) is 93.6 cm³/mol. The van der Waals surface area contributed by atoms with E-state index in [4.69, 9.17) is 11.0 Å². The molecular weight excluding hydrogens is 339 g/mol. The third-order valence-electron chi connectivity index (χ3n) is 3.91. The Morgan fingerprint density at radius 1 is 1.44 bits per heavy atom. The molecule has 0 saturated carbocycles. The quantitative estimate of drug-likeness (QED) is 0.763. The lowest BCUT2D eigenvalue weighted by Gasteiger charge is -2.11. The third kappa shape index (κ3) is 3.44. The van der Waals surface area contributed by atoms with Crippen LogP contribution in [-0.2, 0) is 13.0 Å². The maximum Gasteiger partial charge on any atom is 0.250 e. The van der Waals surface area contributed by atoms with E-state index in [-0.39, 0.29) is 12.2 Å². The van der Waals surface area contributed by atoms with Crippen molar-refractivity contribution in [2.75, 3.05) is 0 Å². The molecule has 0 fully saturated rings. The summed E-state index contributed by atoms with van der Waals surface area (Å²) in [6.45, 7) is 2.18. The van der Waals surface area contributed by atoms with Gasteiger partial charge >= 0.3 is 0 Å². The molecule has 126 valence electrons. The van der Waals surface area contributed by atoms with Gasteiger partial charge in [0.15, 0.2) is 0 Å². The first kappa shape index (κ1) is 16.9. The molecule has 25 heavy (non-hydrogen) atoms. The largest absolute Gasteiger partial charge is 0.366 e. The smallest absolute Gasteiger partial charge is 0.250 e. The van der Waals surface area contributed by atoms with Crippen molar-refractivity contribution in [1.82, 2.24) is 9.55 Å². The summed E-state index contributed by atoms with van der Waals surface area (Å²) in [6.07, 6.45) is 0.233. The lowest BCUT2D eigenvalue weighted by molar-refractivity contribution is 0.0999. The molecule has 0 aliphatic heterocycles. The van der Waals surface area contributed by atoms with Gasteiger partial charge in [-0.2, -0.15) is 5.26 Å². The number of nitrogens with two attached hydrogens (primary N) is 1. The van der Waals surface area contributed by atoms with Crippen LogP contribution in [0.3, 0.4) is 0 Å². The fraction of sp³-hybridized carbons (Fsp3) is 0.167. The van der Waals surface area contributed by atoms with Crippen LogP contribution in [0.25, 0.3) is 11.4 Å². The van der Waals surface area contributed by atoms with Gasteiger partial charge in [-0.1, -0.05) is 12.1 Å². The first-order valence-electron chi connectivity index (χ1n) is 7.55. The normalized spacial score (nSPS) is 10.6. The lowest BCUT2D eigenvalue weighted by Crippen LogP contribution is -2.12. The number of primary amides is 1. The van der Waals surface area contributed by atoms with E-state index >= 15 is 0 Å². The number of carbonyl (C=O) groups excluding carboxylic acids is 1. The number of aromatic nitrogens is 2. The summed E-state index contributed by atoms with van der Waals surface area (Å²) >= 11 is 1.39. The second kappa shape index (κ2) is 6.87. The van der Waals surface area contributed by atoms with Crippen molar-refractivity contribution in [2.24, 2.45) is 5.73 Å². The van der Waals surface area contributed by atoms with Gasteiger partial charge in [-0.05, 0) is 30.7 Å². The number of halogens is 1. The SMILES string of the molecule is Cc1c(C(N)=O)cc(-c2csc(CC#N)n2)n1Cc1cccc(F)c1. The van der Waals surface area contributed by atoms with Gasteiger partial charge in [0, 0.05) is 17.6 Å². The Kier molecular flexibility index (Phi) is 4.63. The number of amides is 1. The minimum Gasteiger partial charge on any atom is -0.366 e. The van der Waals surface area contributed by atoms with Crippen molar-refractivity contribution in [3.63, 3.8) is 0 Å². The molecule has 5 nitrogen and oxygen atoms in total. The Balaban J connectivity index is 2.08. The number of nitrogens with zero attached hydrogens (tertiary/aromatic N) is 3. The number of benzene rings is 1. The summed E-state index contributed by atoms with van der Waals surface area (Å²) in [4.78, 5) is 16.2. The zero-order chi connectivity index (χ0) is 18.0. The fourth-order valence-electron chi connectivity index (χ4n) is 2.71. The van der Waals surface area contributed by atoms with Crippen LogP contribution in [0.1, 0.15) is 26.6 Å². The van der Waals surface area contributed by atoms with Crippen molar-refractivity contribution < 1.29 is 9.18 Å². The van der Waals surface area contributed by atoms with Crippen LogP contribution in [0.15, 0.2) is 35.7 Å². The summed E-state index contributed by atoms with van der Waals surface area (Å²) in [5.41, 5.74) is 8.73. The number of hydrogen-bond donors (Lipinski definition) is 1. The number of rotatable bonds is 5. The van der Waals surface area contributed by atoms with Gasteiger partial charge in [0.05, 0.1) is 29.4 Å². The lowest BCUT2D eigenvalue weighted by atomic mass is 10.2. The molecule has 3 aromatic rings. The second-order valence-electron chi connectivity index (χ2n) is 5.57. The van der Waals surface area contributed by atoms with E-state index in [9.17, 15) is 9.18 Å². The minimum atomic E-state index is -0.524. The molecule has 0 saturated heterocycles. The van der Waals surface area contributed by atoms with Crippen molar-refractivity contribution in [3.05, 3.63) is 63.4 Å². The summed E-state index contributed by atoms with van der Waals surface area (Å²) in [7, 11) is 0. The van der Waals surface area contributed by atoms with Crippen LogP contribution < -0.4 is 5.73 Å². The van der Waals surface area contributed by atoms with Crippen LogP contribution in [-0.4, -0.2) is 15.5 Å². The molecule has 0 aliphatic carbocycles. The Bertz CT molecular complexity index is 983. The summed E-state index contributed by atoms with van der Waals surface area (Å²) in [5.74, 6) is -0.840. The van der Waals surface area contributed by atoms with Gasteiger partial charge in [0.1, 0.15) is 10.8 Å². The number of nitriles is 1. The van der Waals surface area contributed by atoms with Gasteiger partial charge in [-0.25, -0.2) is 9.37 Å². The highest BCUT2D eigenvalue weighted by atomic mass is 32.1. The Hall–Kier alpha value is -2.98. The maximum absolute atomic E-state index is 13.5. The van der Waals surface area contributed by atoms with E-state index in [2.05, 4.69) is 11.1 Å². The zero-order valence-corrected chi connectivity index (χ0v) is 14.3. The van der Waals surface area contributed by atoms with Crippen LogP contribution in [0.4, 0.5) is 4.39 Å². The molecular formula is C18H15FN4OS. The molecule has 0 radical (unpaired) electrons. The van der Waals surface area contributed by atoms with Crippen LogP contribution in [0, 0.1) is 24.1 Å². The first-order chi connectivity index (χ1) is 12.0. The molecule has 0 atom stereocenters. The summed E-state index contributed by atoms with van der Waals surface area (Å²) in [5, 5.41) is 11.4. The third-order valence-corrected chi connectivity index (χ3v) is 4.75. The second-order valence-corrected chi connectivity index (χ2v) is 6.51. The van der Waals surface area contributed by atoms with Crippen molar-refractivity contribution in [2.45, 2.75) is 19.9 Å². The van der Waals surface area contributed by atoms with Gasteiger partial charge < -0.3 is 10.3 Å². The van der Waals surface area contributed by atoms with Crippen molar-refractivity contribution >= 4 is 17.2 Å². The molecule has 0 spiro atoms. The maximum atomic E-state index is 13.5. The molecule has 0 bridgehead atoms. The predicted octanol–water partition coefficient (Wildman–Crippen LogP) is 3.27.